The van der Waals surface area contributed by atoms with Crippen molar-refractivity contribution in [2.75, 3.05) is 6.54 Å². The van der Waals surface area contributed by atoms with E-state index < -0.39 is 0 Å². The summed E-state index contributed by atoms with van der Waals surface area (Å²) in [4.78, 5) is 25.7. The molecule has 0 N–H and O–H groups in total. The molecule has 1 aliphatic carbocycles. The standard InChI is InChI=1S/C13H19NO3/c1-7(11-8(2)17-11)6-14-12(15)9-4-3-5-10(9)13(14)16/h7-11H,3-6H2,1-2H3. The minimum absolute atomic E-state index is 0.00718. The molecule has 0 aromatic heterocycles. The Morgan fingerprint density at radius 1 is 1.29 bits per heavy atom. The first-order valence-corrected chi connectivity index (χ1v) is 6.60. The lowest BCUT2D eigenvalue weighted by molar-refractivity contribution is -0.141. The summed E-state index contributed by atoms with van der Waals surface area (Å²) in [5, 5.41) is 0. The summed E-state index contributed by atoms with van der Waals surface area (Å²) in [7, 11) is 0. The number of imide groups is 1. The molecule has 3 aliphatic rings. The van der Waals surface area contributed by atoms with Crippen LogP contribution in [0, 0.1) is 17.8 Å². The number of likely N-dealkylation sites (tertiary alicyclic amines) is 1. The molecule has 2 heterocycles. The van der Waals surface area contributed by atoms with Gasteiger partial charge >= 0.3 is 0 Å². The summed E-state index contributed by atoms with van der Waals surface area (Å²) in [6.07, 6.45) is 3.35. The van der Waals surface area contributed by atoms with Crippen LogP contribution in [-0.4, -0.2) is 35.5 Å². The van der Waals surface area contributed by atoms with Crippen molar-refractivity contribution in [1.29, 1.82) is 0 Å². The zero-order valence-corrected chi connectivity index (χ0v) is 10.4. The van der Waals surface area contributed by atoms with Crippen LogP contribution in [0.2, 0.25) is 0 Å². The van der Waals surface area contributed by atoms with Crippen LogP contribution in [0.3, 0.4) is 0 Å². The molecule has 94 valence electrons. The van der Waals surface area contributed by atoms with Gasteiger partial charge < -0.3 is 4.74 Å². The summed E-state index contributed by atoms with van der Waals surface area (Å²) < 4.78 is 5.40. The van der Waals surface area contributed by atoms with Crippen LogP contribution in [0.25, 0.3) is 0 Å². The molecule has 2 aliphatic heterocycles. The van der Waals surface area contributed by atoms with Gasteiger partial charge in [-0.3, -0.25) is 14.5 Å². The Kier molecular flexibility index (Phi) is 2.51. The Bertz CT molecular complexity index is 346. The smallest absolute Gasteiger partial charge is 0.233 e. The first-order chi connectivity index (χ1) is 8.09. The minimum atomic E-state index is -0.00718. The Balaban J connectivity index is 1.67. The van der Waals surface area contributed by atoms with Crippen molar-refractivity contribution in [3.8, 4) is 0 Å². The second kappa shape index (κ2) is 3.80. The largest absolute Gasteiger partial charge is 0.370 e. The van der Waals surface area contributed by atoms with E-state index in [1.54, 1.807) is 0 Å². The van der Waals surface area contributed by atoms with Gasteiger partial charge in [-0.1, -0.05) is 13.3 Å². The van der Waals surface area contributed by atoms with Crippen LogP contribution in [0.4, 0.5) is 0 Å². The molecule has 1 saturated carbocycles. The highest BCUT2D eigenvalue weighted by Crippen LogP contribution is 2.40. The second-order valence-electron chi connectivity index (χ2n) is 5.71. The quantitative estimate of drug-likeness (QED) is 0.547. The second-order valence-corrected chi connectivity index (χ2v) is 5.71. The molecule has 17 heavy (non-hydrogen) atoms. The van der Waals surface area contributed by atoms with Crippen LogP contribution >= 0.6 is 0 Å². The summed E-state index contributed by atoms with van der Waals surface area (Å²) >= 11 is 0. The van der Waals surface area contributed by atoms with Crippen LogP contribution in [0.15, 0.2) is 0 Å². The molecule has 5 atom stereocenters. The van der Waals surface area contributed by atoms with Gasteiger partial charge in [0.1, 0.15) is 0 Å². The fourth-order valence-corrected chi connectivity index (χ4v) is 3.43. The molecule has 2 amide bonds. The predicted molar refractivity (Wildman–Crippen MR) is 61.1 cm³/mol. The zero-order valence-electron chi connectivity index (χ0n) is 10.4. The Morgan fingerprint density at radius 3 is 2.29 bits per heavy atom. The van der Waals surface area contributed by atoms with Crippen LogP contribution < -0.4 is 0 Å². The van der Waals surface area contributed by atoms with Gasteiger partial charge in [0.25, 0.3) is 0 Å². The van der Waals surface area contributed by atoms with Gasteiger partial charge in [-0.05, 0) is 19.8 Å². The van der Waals surface area contributed by atoms with E-state index in [1.165, 1.54) is 4.90 Å². The normalized spacial score (nSPS) is 41.9. The summed E-state index contributed by atoms with van der Waals surface area (Å²) in [6, 6.07) is 0. The molecule has 5 unspecified atom stereocenters. The van der Waals surface area contributed by atoms with E-state index in [1.807, 2.05) is 6.92 Å². The predicted octanol–water partition coefficient (Wildman–Crippen LogP) is 1.19. The maximum Gasteiger partial charge on any atom is 0.233 e. The van der Waals surface area contributed by atoms with Gasteiger partial charge in [0, 0.05) is 12.5 Å². The third-order valence-corrected chi connectivity index (χ3v) is 4.47. The van der Waals surface area contributed by atoms with Crippen molar-refractivity contribution in [3.63, 3.8) is 0 Å². The maximum absolute atomic E-state index is 12.1. The molecule has 3 rings (SSSR count). The third kappa shape index (κ3) is 1.69. The van der Waals surface area contributed by atoms with Gasteiger partial charge in [-0.2, -0.15) is 0 Å². The van der Waals surface area contributed by atoms with E-state index in [2.05, 4.69) is 6.92 Å². The van der Waals surface area contributed by atoms with Crippen molar-refractivity contribution >= 4 is 11.8 Å². The minimum Gasteiger partial charge on any atom is -0.370 e. The fraction of sp³-hybridized carbons (Fsp3) is 0.846. The number of amides is 2. The SMILES string of the molecule is CC(CN1C(=O)C2CCCC2C1=O)C1OC1C. The zero-order chi connectivity index (χ0) is 12.2. The van der Waals surface area contributed by atoms with Crippen molar-refractivity contribution in [2.45, 2.75) is 45.3 Å². The molecule has 0 aromatic carbocycles. The molecule has 3 fully saturated rings. The van der Waals surface area contributed by atoms with Crippen molar-refractivity contribution in [1.82, 2.24) is 4.90 Å². The molecule has 4 heteroatoms. The Morgan fingerprint density at radius 2 is 1.82 bits per heavy atom. The first kappa shape index (κ1) is 11.2. The van der Waals surface area contributed by atoms with Gasteiger partial charge in [-0.25, -0.2) is 0 Å². The van der Waals surface area contributed by atoms with Crippen LogP contribution in [0.1, 0.15) is 33.1 Å². The van der Waals surface area contributed by atoms with E-state index in [0.717, 1.165) is 19.3 Å². The first-order valence-electron chi connectivity index (χ1n) is 6.60. The van der Waals surface area contributed by atoms with E-state index in [0.29, 0.717) is 6.54 Å². The van der Waals surface area contributed by atoms with Gasteiger partial charge in [0.2, 0.25) is 11.8 Å². The molecular formula is C13H19NO3. The Hall–Kier alpha value is -0.900. The maximum atomic E-state index is 12.1. The molecule has 0 spiro atoms. The molecule has 0 bridgehead atoms. The number of hydrogen-bond donors (Lipinski definition) is 0. The molecule has 4 nitrogen and oxygen atoms in total. The fourth-order valence-electron chi connectivity index (χ4n) is 3.43. The number of nitrogens with zero attached hydrogens (tertiary/aromatic N) is 1. The highest BCUT2D eigenvalue weighted by Gasteiger charge is 2.51. The van der Waals surface area contributed by atoms with E-state index in [9.17, 15) is 9.59 Å². The number of epoxide rings is 1. The summed E-state index contributed by atoms with van der Waals surface area (Å²) in [5.41, 5.74) is 0. The van der Waals surface area contributed by atoms with Gasteiger partial charge in [0.05, 0.1) is 24.0 Å². The molecule has 2 saturated heterocycles. The average Bonchev–Trinajstić information content (AvgIpc) is 2.76. The van der Waals surface area contributed by atoms with Gasteiger partial charge in [0.15, 0.2) is 0 Å². The van der Waals surface area contributed by atoms with Crippen LogP contribution in [0.5, 0.6) is 0 Å². The lowest BCUT2D eigenvalue weighted by Gasteiger charge is -2.19. The van der Waals surface area contributed by atoms with Crippen LogP contribution in [-0.2, 0) is 14.3 Å². The lowest BCUT2D eigenvalue weighted by atomic mass is 10.00. The number of carbonyl (C=O) groups excluding carboxylic acids is 2. The van der Waals surface area contributed by atoms with Crippen molar-refractivity contribution in [2.24, 2.45) is 17.8 Å². The highest BCUT2D eigenvalue weighted by molar-refractivity contribution is 6.05. The summed E-state index contributed by atoms with van der Waals surface area (Å²) in [5.74, 6) is 0.381. The third-order valence-electron chi connectivity index (χ3n) is 4.47. The van der Waals surface area contributed by atoms with E-state index >= 15 is 0 Å². The molecule has 0 radical (unpaired) electrons. The summed E-state index contributed by atoms with van der Waals surface area (Å²) in [6.45, 7) is 4.63. The topological polar surface area (TPSA) is 49.9 Å². The molecular weight excluding hydrogens is 218 g/mol. The van der Waals surface area contributed by atoms with Crippen molar-refractivity contribution in [3.05, 3.63) is 0 Å². The molecule has 0 aromatic rings. The number of carbonyl (C=O) groups is 2. The highest BCUT2D eigenvalue weighted by atomic mass is 16.6. The number of rotatable bonds is 3. The monoisotopic (exact) mass is 237 g/mol. The van der Waals surface area contributed by atoms with E-state index in [-0.39, 0.29) is 41.8 Å². The van der Waals surface area contributed by atoms with Crippen molar-refractivity contribution < 1.29 is 14.3 Å². The number of fused-ring (bicyclic) bond motifs is 1. The average molecular weight is 237 g/mol. The Labute approximate surface area is 101 Å². The number of hydrogen-bond acceptors (Lipinski definition) is 3. The van der Waals surface area contributed by atoms with E-state index in [4.69, 9.17) is 4.74 Å². The lowest BCUT2D eigenvalue weighted by Crippen LogP contribution is -2.37. The van der Waals surface area contributed by atoms with Gasteiger partial charge in [-0.15, -0.1) is 0 Å². The number of ether oxygens (including phenoxy) is 1.